The highest BCUT2D eigenvalue weighted by molar-refractivity contribution is 7.21. The average Bonchev–Trinajstić information content (AvgIpc) is 2.78. The quantitative estimate of drug-likeness (QED) is 0.646. The van der Waals surface area contributed by atoms with Crippen LogP contribution in [0.15, 0.2) is 42.5 Å². The molecule has 0 fully saturated rings. The lowest BCUT2D eigenvalue weighted by molar-refractivity contribution is 0.103. The highest BCUT2D eigenvalue weighted by Crippen LogP contribution is 2.36. The van der Waals surface area contributed by atoms with E-state index in [-0.39, 0.29) is 11.7 Å². The van der Waals surface area contributed by atoms with Crippen molar-refractivity contribution in [1.82, 2.24) is 0 Å². The highest BCUT2D eigenvalue weighted by atomic mass is 35.5. The van der Waals surface area contributed by atoms with Gasteiger partial charge in [-0.15, -0.1) is 11.3 Å². The number of rotatable bonds is 2. The van der Waals surface area contributed by atoms with E-state index in [0.717, 1.165) is 11.3 Å². The van der Waals surface area contributed by atoms with E-state index in [1.165, 1.54) is 12.1 Å². The molecular formula is C15H8Cl2FNOS. The van der Waals surface area contributed by atoms with Gasteiger partial charge in [0.25, 0.3) is 5.91 Å². The number of hydrogen-bond acceptors (Lipinski definition) is 2. The van der Waals surface area contributed by atoms with Crippen LogP contribution in [0.5, 0.6) is 0 Å². The summed E-state index contributed by atoms with van der Waals surface area (Å²) in [6.07, 6.45) is 0. The molecule has 106 valence electrons. The molecule has 1 amide bonds. The zero-order valence-corrected chi connectivity index (χ0v) is 12.8. The van der Waals surface area contributed by atoms with E-state index in [1.807, 2.05) is 0 Å². The molecule has 0 bridgehead atoms. The van der Waals surface area contributed by atoms with Crippen molar-refractivity contribution < 1.29 is 9.18 Å². The van der Waals surface area contributed by atoms with E-state index in [1.54, 1.807) is 30.3 Å². The van der Waals surface area contributed by atoms with Crippen molar-refractivity contribution in [2.45, 2.75) is 0 Å². The van der Waals surface area contributed by atoms with Crippen molar-refractivity contribution in [3.63, 3.8) is 0 Å². The number of para-hydroxylation sites is 1. The number of fused-ring (bicyclic) bond motifs is 1. The van der Waals surface area contributed by atoms with Crippen LogP contribution in [0.25, 0.3) is 10.1 Å². The third kappa shape index (κ3) is 2.75. The van der Waals surface area contributed by atoms with Crippen LogP contribution >= 0.6 is 34.5 Å². The molecule has 3 rings (SSSR count). The molecule has 0 aliphatic rings. The predicted octanol–water partition coefficient (Wildman–Crippen LogP) is 5.60. The Morgan fingerprint density at radius 3 is 2.67 bits per heavy atom. The maximum Gasteiger partial charge on any atom is 0.267 e. The van der Waals surface area contributed by atoms with Gasteiger partial charge < -0.3 is 5.32 Å². The van der Waals surface area contributed by atoms with Gasteiger partial charge in [-0.25, -0.2) is 4.39 Å². The number of benzene rings is 2. The molecular weight excluding hydrogens is 332 g/mol. The molecule has 2 aromatic carbocycles. The van der Waals surface area contributed by atoms with Crippen molar-refractivity contribution in [3.05, 3.63) is 63.2 Å². The molecule has 0 spiro atoms. The summed E-state index contributed by atoms with van der Waals surface area (Å²) >= 11 is 13.3. The summed E-state index contributed by atoms with van der Waals surface area (Å²) < 4.78 is 13.9. The fourth-order valence-corrected chi connectivity index (χ4v) is 3.55. The SMILES string of the molecule is O=C(Nc1ccccc1Cl)c1sc2cc(F)ccc2c1Cl. The van der Waals surface area contributed by atoms with Gasteiger partial charge in [0.2, 0.25) is 0 Å². The molecule has 6 heteroatoms. The normalized spacial score (nSPS) is 10.8. The summed E-state index contributed by atoms with van der Waals surface area (Å²) in [6, 6.07) is 11.2. The standard InChI is InChI=1S/C15H8Cl2FNOS/c16-10-3-1-2-4-11(10)19-15(20)14-13(17)9-6-5-8(18)7-12(9)21-14/h1-7H,(H,19,20). The second kappa shape index (κ2) is 5.64. The smallest absolute Gasteiger partial charge is 0.267 e. The minimum Gasteiger partial charge on any atom is -0.320 e. The van der Waals surface area contributed by atoms with Crippen LogP contribution in [0.2, 0.25) is 10.0 Å². The number of carbonyl (C=O) groups excluding carboxylic acids is 1. The van der Waals surface area contributed by atoms with Crippen molar-refractivity contribution in [2.75, 3.05) is 5.32 Å². The van der Waals surface area contributed by atoms with Crippen molar-refractivity contribution >= 4 is 56.2 Å². The Kier molecular flexibility index (Phi) is 3.85. The van der Waals surface area contributed by atoms with Crippen LogP contribution < -0.4 is 5.32 Å². The Morgan fingerprint density at radius 1 is 1.14 bits per heavy atom. The Labute approximate surface area is 134 Å². The summed E-state index contributed by atoms with van der Waals surface area (Å²) in [5.41, 5.74) is 0.504. The van der Waals surface area contributed by atoms with Gasteiger partial charge in [-0.1, -0.05) is 35.3 Å². The minimum atomic E-state index is -0.366. The molecule has 1 heterocycles. The molecule has 1 N–H and O–H groups in total. The molecule has 0 atom stereocenters. The number of thiophene rings is 1. The summed E-state index contributed by atoms with van der Waals surface area (Å²) in [5.74, 6) is -0.729. The van der Waals surface area contributed by atoms with Gasteiger partial charge in [0.15, 0.2) is 0 Å². The summed E-state index contributed by atoms with van der Waals surface area (Å²) in [4.78, 5) is 12.6. The number of halogens is 3. The molecule has 1 aromatic heterocycles. The average molecular weight is 340 g/mol. The minimum absolute atomic E-state index is 0.319. The topological polar surface area (TPSA) is 29.1 Å². The maximum absolute atomic E-state index is 13.2. The zero-order chi connectivity index (χ0) is 15.0. The number of amides is 1. The van der Waals surface area contributed by atoms with Gasteiger partial charge in [-0.2, -0.15) is 0 Å². The summed E-state index contributed by atoms with van der Waals surface area (Å²) in [6.45, 7) is 0. The van der Waals surface area contributed by atoms with Crippen LogP contribution in [-0.2, 0) is 0 Å². The second-order valence-corrected chi connectivity index (χ2v) is 6.16. The number of hydrogen-bond donors (Lipinski definition) is 1. The molecule has 2 nitrogen and oxygen atoms in total. The van der Waals surface area contributed by atoms with Gasteiger partial charge in [-0.3, -0.25) is 4.79 Å². The lowest BCUT2D eigenvalue weighted by Crippen LogP contribution is -2.10. The summed E-state index contributed by atoms with van der Waals surface area (Å²) in [7, 11) is 0. The van der Waals surface area contributed by atoms with Crippen LogP contribution in [0.1, 0.15) is 9.67 Å². The first-order valence-electron chi connectivity index (χ1n) is 5.99. The molecule has 3 aromatic rings. The van der Waals surface area contributed by atoms with Crippen LogP contribution in [0.3, 0.4) is 0 Å². The molecule has 0 saturated carbocycles. The number of carbonyl (C=O) groups is 1. The van der Waals surface area contributed by atoms with E-state index in [4.69, 9.17) is 23.2 Å². The van der Waals surface area contributed by atoms with Crippen LogP contribution in [0, 0.1) is 5.82 Å². The molecule has 21 heavy (non-hydrogen) atoms. The molecule has 0 unspecified atom stereocenters. The molecule has 0 saturated heterocycles. The Hall–Kier alpha value is -1.62. The van der Waals surface area contributed by atoms with E-state index >= 15 is 0 Å². The highest BCUT2D eigenvalue weighted by Gasteiger charge is 2.18. The lowest BCUT2D eigenvalue weighted by atomic mass is 10.2. The first kappa shape index (κ1) is 14.3. The van der Waals surface area contributed by atoms with E-state index in [2.05, 4.69) is 5.32 Å². The molecule has 0 radical (unpaired) electrons. The Bertz CT molecular complexity index is 847. The Morgan fingerprint density at radius 2 is 1.90 bits per heavy atom. The predicted molar refractivity (Wildman–Crippen MR) is 86.2 cm³/mol. The molecule has 0 aliphatic carbocycles. The van der Waals surface area contributed by atoms with Gasteiger partial charge in [0, 0.05) is 10.1 Å². The third-order valence-corrected chi connectivity index (χ3v) is 4.91. The van der Waals surface area contributed by atoms with Crippen LogP contribution in [0.4, 0.5) is 10.1 Å². The number of anilines is 1. The summed E-state index contributed by atoms with van der Waals surface area (Å²) in [5, 5.41) is 4.12. The van der Waals surface area contributed by atoms with Gasteiger partial charge in [0.1, 0.15) is 10.7 Å². The van der Waals surface area contributed by atoms with Crippen molar-refractivity contribution in [3.8, 4) is 0 Å². The van der Waals surface area contributed by atoms with E-state index < -0.39 is 0 Å². The Balaban J connectivity index is 1.98. The van der Waals surface area contributed by atoms with Gasteiger partial charge in [-0.05, 0) is 30.3 Å². The fourth-order valence-electron chi connectivity index (χ4n) is 1.93. The maximum atomic E-state index is 13.2. The lowest BCUT2D eigenvalue weighted by Gasteiger charge is -2.05. The van der Waals surface area contributed by atoms with E-state index in [9.17, 15) is 9.18 Å². The number of nitrogens with one attached hydrogen (secondary N) is 1. The second-order valence-electron chi connectivity index (χ2n) is 4.32. The van der Waals surface area contributed by atoms with Gasteiger partial charge >= 0.3 is 0 Å². The zero-order valence-electron chi connectivity index (χ0n) is 10.5. The fraction of sp³-hybridized carbons (Fsp3) is 0. The van der Waals surface area contributed by atoms with Crippen molar-refractivity contribution in [1.29, 1.82) is 0 Å². The first-order valence-corrected chi connectivity index (χ1v) is 7.57. The largest absolute Gasteiger partial charge is 0.320 e. The van der Waals surface area contributed by atoms with E-state index in [0.29, 0.717) is 30.7 Å². The third-order valence-electron chi connectivity index (χ3n) is 2.92. The van der Waals surface area contributed by atoms with Crippen molar-refractivity contribution in [2.24, 2.45) is 0 Å². The first-order chi connectivity index (χ1) is 10.1. The monoisotopic (exact) mass is 339 g/mol. The van der Waals surface area contributed by atoms with Crippen LogP contribution in [-0.4, -0.2) is 5.91 Å². The molecule has 0 aliphatic heterocycles. The van der Waals surface area contributed by atoms with Gasteiger partial charge in [0.05, 0.1) is 15.7 Å².